The Labute approximate surface area is 162 Å². The summed E-state index contributed by atoms with van der Waals surface area (Å²) in [5.74, 6) is 0.671. The van der Waals surface area contributed by atoms with Crippen LogP contribution in [0.3, 0.4) is 0 Å². The zero-order chi connectivity index (χ0) is 19.5. The van der Waals surface area contributed by atoms with E-state index in [0.717, 1.165) is 42.7 Å². The molecule has 3 aromatic rings. The smallest absolute Gasteiger partial charge is 0.255 e. The van der Waals surface area contributed by atoms with E-state index in [9.17, 15) is 9.18 Å². The summed E-state index contributed by atoms with van der Waals surface area (Å²) >= 11 is 0. The number of rotatable bonds is 5. The summed E-state index contributed by atoms with van der Waals surface area (Å²) in [5, 5.41) is 6.92. The van der Waals surface area contributed by atoms with E-state index in [1.165, 1.54) is 24.3 Å². The fraction of sp³-hybridized carbons (Fsp3) is 0.286. The number of anilines is 2. The third kappa shape index (κ3) is 3.74. The van der Waals surface area contributed by atoms with Gasteiger partial charge in [-0.3, -0.25) is 4.79 Å². The number of benzene rings is 2. The number of aryl methyl sites for hydroxylation is 1. The molecule has 1 N–H and O–H groups in total. The minimum absolute atomic E-state index is 0.255. The van der Waals surface area contributed by atoms with E-state index in [0.29, 0.717) is 23.8 Å². The second-order valence-corrected chi connectivity index (χ2v) is 6.75. The second kappa shape index (κ2) is 7.80. The molecule has 7 heteroatoms. The summed E-state index contributed by atoms with van der Waals surface area (Å²) in [7, 11) is 0. The van der Waals surface area contributed by atoms with Gasteiger partial charge in [0.25, 0.3) is 5.91 Å². The summed E-state index contributed by atoms with van der Waals surface area (Å²) in [4.78, 5) is 19.1. The maximum absolute atomic E-state index is 13.1. The van der Waals surface area contributed by atoms with Gasteiger partial charge in [-0.2, -0.15) is 4.98 Å². The summed E-state index contributed by atoms with van der Waals surface area (Å²) in [6.45, 7) is 3.41. The standard InChI is InChI=1S/C21H21FN4O2/c1-2-19-24-20(28-25-19)13-26-12-4-5-16-17(6-3-7-18(16)26)23-21(27)14-8-10-15(22)11-9-14/h3,6-11H,2,4-5,12-13H2,1H3,(H,23,27). The van der Waals surface area contributed by atoms with Crippen LogP contribution in [0, 0.1) is 5.82 Å². The van der Waals surface area contributed by atoms with Gasteiger partial charge in [-0.05, 0) is 54.8 Å². The largest absolute Gasteiger partial charge is 0.362 e. The number of hydrogen-bond acceptors (Lipinski definition) is 5. The van der Waals surface area contributed by atoms with Gasteiger partial charge < -0.3 is 14.7 Å². The van der Waals surface area contributed by atoms with Crippen LogP contribution in [0.4, 0.5) is 15.8 Å². The number of carbonyl (C=O) groups is 1. The van der Waals surface area contributed by atoms with Crippen molar-refractivity contribution in [2.75, 3.05) is 16.8 Å². The van der Waals surface area contributed by atoms with Crippen LogP contribution < -0.4 is 10.2 Å². The monoisotopic (exact) mass is 380 g/mol. The minimum atomic E-state index is -0.364. The van der Waals surface area contributed by atoms with Crippen LogP contribution in [0.25, 0.3) is 0 Å². The van der Waals surface area contributed by atoms with Gasteiger partial charge in [0, 0.05) is 29.9 Å². The SMILES string of the molecule is CCc1noc(CN2CCCc3c(NC(=O)c4ccc(F)cc4)cccc32)n1. The van der Waals surface area contributed by atoms with E-state index < -0.39 is 0 Å². The number of hydrogen-bond donors (Lipinski definition) is 1. The molecule has 0 aliphatic carbocycles. The first-order chi connectivity index (χ1) is 13.6. The van der Waals surface area contributed by atoms with Gasteiger partial charge in [0.2, 0.25) is 5.89 Å². The number of aromatic nitrogens is 2. The van der Waals surface area contributed by atoms with Crippen LogP contribution in [0.2, 0.25) is 0 Å². The zero-order valence-corrected chi connectivity index (χ0v) is 15.6. The summed E-state index contributed by atoms with van der Waals surface area (Å²) in [6, 6.07) is 11.4. The first-order valence-corrected chi connectivity index (χ1v) is 9.39. The molecule has 0 spiro atoms. The molecule has 0 saturated carbocycles. The Morgan fingerprint density at radius 2 is 2.07 bits per heavy atom. The molecule has 2 heterocycles. The molecule has 0 fully saturated rings. The topological polar surface area (TPSA) is 71.3 Å². The van der Waals surface area contributed by atoms with E-state index >= 15 is 0 Å². The third-order valence-electron chi connectivity index (χ3n) is 4.85. The Morgan fingerprint density at radius 3 is 2.82 bits per heavy atom. The number of nitrogens with zero attached hydrogens (tertiary/aromatic N) is 3. The van der Waals surface area contributed by atoms with E-state index in [2.05, 4.69) is 20.4 Å². The second-order valence-electron chi connectivity index (χ2n) is 6.75. The van der Waals surface area contributed by atoms with Crippen LogP contribution >= 0.6 is 0 Å². The van der Waals surface area contributed by atoms with Crippen molar-refractivity contribution in [2.45, 2.75) is 32.7 Å². The highest BCUT2D eigenvalue weighted by Gasteiger charge is 2.22. The molecule has 4 rings (SSSR count). The van der Waals surface area contributed by atoms with E-state index in [4.69, 9.17) is 4.52 Å². The molecule has 1 aliphatic rings. The summed E-state index contributed by atoms with van der Waals surface area (Å²) < 4.78 is 18.4. The van der Waals surface area contributed by atoms with Crippen molar-refractivity contribution in [3.63, 3.8) is 0 Å². The maximum atomic E-state index is 13.1. The number of amides is 1. The van der Waals surface area contributed by atoms with Gasteiger partial charge in [0.15, 0.2) is 5.82 Å². The van der Waals surface area contributed by atoms with Gasteiger partial charge in [-0.15, -0.1) is 0 Å². The number of nitrogens with one attached hydrogen (secondary N) is 1. The van der Waals surface area contributed by atoms with E-state index in [-0.39, 0.29) is 11.7 Å². The highest BCUT2D eigenvalue weighted by molar-refractivity contribution is 6.05. The lowest BCUT2D eigenvalue weighted by Crippen LogP contribution is -2.29. The molecule has 1 amide bonds. The lowest BCUT2D eigenvalue weighted by Gasteiger charge is -2.31. The van der Waals surface area contributed by atoms with Crippen LogP contribution in [-0.2, 0) is 19.4 Å². The van der Waals surface area contributed by atoms with Crippen LogP contribution in [0.15, 0.2) is 47.0 Å². The molecule has 0 saturated heterocycles. The summed E-state index contributed by atoms with van der Waals surface area (Å²) in [6.07, 6.45) is 2.57. The van der Waals surface area contributed by atoms with Crippen molar-refractivity contribution < 1.29 is 13.7 Å². The van der Waals surface area contributed by atoms with Gasteiger partial charge in [0.05, 0.1) is 6.54 Å². The van der Waals surface area contributed by atoms with Crippen molar-refractivity contribution in [2.24, 2.45) is 0 Å². The van der Waals surface area contributed by atoms with Crippen molar-refractivity contribution >= 4 is 17.3 Å². The molecule has 0 atom stereocenters. The number of fused-ring (bicyclic) bond motifs is 1. The third-order valence-corrected chi connectivity index (χ3v) is 4.85. The van der Waals surface area contributed by atoms with Gasteiger partial charge in [0.1, 0.15) is 5.82 Å². The maximum Gasteiger partial charge on any atom is 0.255 e. The molecule has 0 bridgehead atoms. The zero-order valence-electron chi connectivity index (χ0n) is 15.6. The van der Waals surface area contributed by atoms with Crippen LogP contribution in [-0.4, -0.2) is 22.6 Å². The normalized spacial score (nSPS) is 13.3. The van der Waals surface area contributed by atoms with Crippen LogP contribution in [0.5, 0.6) is 0 Å². The molecule has 6 nitrogen and oxygen atoms in total. The molecular weight excluding hydrogens is 359 g/mol. The highest BCUT2D eigenvalue weighted by atomic mass is 19.1. The van der Waals surface area contributed by atoms with Crippen molar-refractivity contribution in [3.8, 4) is 0 Å². The fourth-order valence-corrected chi connectivity index (χ4v) is 3.44. The van der Waals surface area contributed by atoms with Gasteiger partial charge >= 0.3 is 0 Å². The molecule has 1 aromatic heterocycles. The molecule has 0 unspecified atom stereocenters. The van der Waals surface area contributed by atoms with Crippen molar-refractivity contribution in [1.29, 1.82) is 0 Å². The van der Waals surface area contributed by atoms with Crippen molar-refractivity contribution in [3.05, 3.63) is 71.1 Å². The average Bonchev–Trinajstić information content (AvgIpc) is 3.17. The summed E-state index contributed by atoms with van der Waals surface area (Å²) in [5.41, 5.74) is 3.33. The Bertz CT molecular complexity index is 984. The molecular formula is C21H21FN4O2. The fourth-order valence-electron chi connectivity index (χ4n) is 3.44. The number of halogens is 1. The van der Waals surface area contributed by atoms with Gasteiger partial charge in [-0.25, -0.2) is 4.39 Å². The Morgan fingerprint density at radius 1 is 1.25 bits per heavy atom. The molecule has 2 aromatic carbocycles. The Hall–Kier alpha value is -3.22. The molecule has 28 heavy (non-hydrogen) atoms. The van der Waals surface area contributed by atoms with E-state index in [1.54, 1.807) is 0 Å². The predicted octanol–water partition coefficient (Wildman–Crippen LogP) is 3.98. The first kappa shape index (κ1) is 18.2. The van der Waals surface area contributed by atoms with Crippen LogP contribution in [0.1, 0.15) is 41.0 Å². The quantitative estimate of drug-likeness (QED) is 0.725. The predicted molar refractivity (Wildman–Crippen MR) is 104 cm³/mol. The Balaban J connectivity index is 1.56. The minimum Gasteiger partial charge on any atom is -0.362 e. The number of carbonyl (C=O) groups excluding carboxylic acids is 1. The van der Waals surface area contributed by atoms with E-state index in [1.807, 2.05) is 25.1 Å². The van der Waals surface area contributed by atoms with Crippen molar-refractivity contribution in [1.82, 2.24) is 10.1 Å². The molecule has 0 radical (unpaired) electrons. The molecule has 1 aliphatic heterocycles. The average molecular weight is 380 g/mol. The lowest BCUT2D eigenvalue weighted by molar-refractivity contribution is 0.102. The molecule has 144 valence electrons. The Kier molecular flexibility index (Phi) is 5.06. The highest BCUT2D eigenvalue weighted by Crippen LogP contribution is 2.33. The lowest BCUT2D eigenvalue weighted by atomic mass is 9.99. The first-order valence-electron chi connectivity index (χ1n) is 9.39. The van der Waals surface area contributed by atoms with Gasteiger partial charge in [-0.1, -0.05) is 18.1 Å².